The van der Waals surface area contributed by atoms with Crippen LogP contribution in [0.5, 0.6) is 0 Å². The molecule has 2 fully saturated rings. The molecule has 3 atom stereocenters. The van der Waals surface area contributed by atoms with E-state index in [0.717, 1.165) is 12.5 Å². The van der Waals surface area contributed by atoms with E-state index >= 15 is 0 Å². The largest absolute Gasteiger partial charge is 0.386 e. The van der Waals surface area contributed by atoms with Gasteiger partial charge in [0.05, 0.1) is 23.7 Å². The van der Waals surface area contributed by atoms with Gasteiger partial charge in [0, 0.05) is 0 Å². The Hall–Kier alpha value is -0.470. The molecule has 4 N–H and O–H groups in total. The fourth-order valence-electron chi connectivity index (χ4n) is 3.85. The summed E-state index contributed by atoms with van der Waals surface area (Å²) in [5.41, 5.74) is 0. The molecule has 1 aromatic rings. The first kappa shape index (κ1) is 17.4. The molecule has 3 heterocycles. The van der Waals surface area contributed by atoms with Gasteiger partial charge < -0.3 is 15.3 Å². The average Bonchev–Trinajstić information content (AvgIpc) is 3.09. The molecule has 2 saturated heterocycles. The molecule has 0 spiro atoms. The van der Waals surface area contributed by atoms with E-state index in [1.165, 1.54) is 30.8 Å². The number of hydrogen-bond acceptors (Lipinski definition) is 4. The second-order valence-electron chi connectivity index (χ2n) is 7.19. The van der Waals surface area contributed by atoms with Gasteiger partial charge in [-0.25, -0.2) is 8.42 Å². The number of hydrogen-bond donors (Lipinski definition) is 3. The van der Waals surface area contributed by atoms with Gasteiger partial charge in [0.25, 0.3) is 0 Å². The lowest BCUT2D eigenvalue weighted by Crippen LogP contribution is -3.16. The molecule has 0 radical (unpaired) electrons. The van der Waals surface area contributed by atoms with Crippen molar-refractivity contribution >= 4 is 21.2 Å². The molecule has 5 nitrogen and oxygen atoms in total. The number of nitrogens with one attached hydrogen (secondary N) is 1. The Morgan fingerprint density at radius 2 is 2.13 bits per heavy atom. The minimum atomic E-state index is -3.06. The predicted molar refractivity (Wildman–Crippen MR) is 91.4 cm³/mol. The Morgan fingerprint density at radius 3 is 2.70 bits per heavy atom. The van der Waals surface area contributed by atoms with Gasteiger partial charge in [-0.15, -0.1) is 11.3 Å². The minimum Gasteiger partial charge on any atom is -0.386 e. The highest BCUT2D eigenvalue weighted by Crippen LogP contribution is 2.18. The van der Waals surface area contributed by atoms with Gasteiger partial charge in [0.15, 0.2) is 15.9 Å². The van der Waals surface area contributed by atoms with E-state index in [0.29, 0.717) is 6.04 Å². The quantitative estimate of drug-likeness (QED) is 0.619. The van der Waals surface area contributed by atoms with Crippen LogP contribution in [0.15, 0.2) is 17.5 Å². The van der Waals surface area contributed by atoms with Crippen LogP contribution in [0.1, 0.15) is 30.7 Å². The number of sulfone groups is 1. The van der Waals surface area contributed by atoms with E-state index in [1.54, 1.807) is 16.2 Å². The van der Waals surface area contributed by atoms with Crippen molar-refractivity contribution in [2.45, 2.75) is 38.0 Å². The summed E-state index contributed by atoms with van der Waals surface area (Å²) >= 11 is 1.79. The standard InChI is InChI=1S/C16H26N2O3S2/c1-12-4-6-18(7-5-12)14(16-3-2-8-22-16)9-17-13-10-23(20,21)11-15(13)19/h2-3,8,12-15,17,19H,4-7,9-11H2,1H3/p+2/t13-,14+,15-/m0/s1. The number of thiophene rings is 1. The zero-order valence-corrected chi connectivity index (χ0v) is 15.3. The van der Waals surface area contributed by atoms with E-state index in [9.17, 15) is 13.5 Å². The van der Waals surface area contributed by atoms with E-state index in [2.05, 4.69) is 29.8 Å². The van der Waals surface area contributed by atoms with Gasteiger partial charge >= 0.3 is 0 Å². The van der Waals surface area contributed by atoms with Crippen LogP contribution in [0.2, 0.25) is 0 Å². The van der Waals surface area contributed by atoms with Gasteiger partial charge in [-0.3, -0.25) is 0 Å². The van der Waals surface area contributed by atoms with E-state index in [4.69, 9.17) is 0 Å². The number of aliphatic hydroxyl groups is 1. The van der Waals surface area contributed by atoms with Crippen LogP contribution in [-0.4, -0.2) is 56.8 Å². The summed E-state index contributed by atoms with van der Waals surface area (Å²) in [7, 11) is -3.06. The summed E-state index contributed by atoms with van der Waals surface area (Å²) in [6.07, 6.45) is 1.80. The van der Waals surface area contributed by atoms with Crippen molar-refractivity contribution in [3.63, 3.8) is 0 Å². The Bertz CT molecular complexity index is 595. The zero-order valence-electron chi connectivity index (χ0n) is 13.6. The summed E-state index contributed by atoms with van der Waals surface area (Å²) in [5, 5.41) is 14.2. The van der Waals surface area contributed by atoms with Gasteiger partial charge in [0.1, 0.15) is 24.4 Å². The second-order valence-corrected chi connectivity index (χ2v) is 10.3. The number of piperidine rings is 1. The van der Waals surface area contributed by atoms with Crippen LogP contribution in [-0.2, 0) is 9.84 Å². The first-order valence-corrected chi connectivity index (χ1v) is 11.2. The highest BCUT2D eigenvalue weighted by molar-refractivity contribution is 7.91. The fourth-order valence-corrected chi connectivity index (χ4v) is 6.59. The molecule has 0 aromatic carbocycles. The molecular weight excluding hydrogens is 332 g/mol. The Morgan fingerprint density at radius 1 is 1.39 bits per heavy atom. The molecule has 7 heteroatoms. The van der Waals surface area contributed by atoms with E-state index < -0.39 is 15.9 Å². The normalized spacial score (nSPS) is 35.2. The molecule has 2 aliphatic heterocycles. The first-order valence-electron chi connectivity index (χ1n) is 8.54. The van der Waals surface area contributed by atoms with Crippen molar-refractivity contribution in [3.05, 3.63) is 22.4 Å². The van der Waals surface area contributed by atoms with Gasteiger partial charge in [-0.2, -0.15) is 0 Å². The third kappa shape index (κ3) is 4.33. The SMILES string of the molecule is CC1CC[NH+]([C@H](C[NH2+][C@H]2CS(=O)(=O)C[C@@H]2O)c2cccs2)CC1. The van der Waals surface area contributed by atoms with Crippen LogP contribution < -0.4 is 10.2 Å². The number of aliphatic hydroxyl groups excluding tert-OH is 1. The summed E-state index contributed by atoms with van der Waals surface area (Å²) < 4.78 is 23.4. The van der Waals surface area contributed by atoms with Crippen molar-refractivity contribution in [3.8, 4) is 0 Å². The van der Waals surface area contributed by atoms with Crippen LogP contribution in [0.3, 0.4) is 0 Å². The molecule has 0 bridgehead atoms. The van der Waals surface area contributed by atoms with Crippen molar-refractivity contribution in [1.29, 1.82) is 0 Å². The summed E-state index contributed by atoms with van der Waals surface area (Å²) in [5.74, 6) is 0.845. The molecule has 2 aliphatic rings. The van der Waals surface area contributed by atoms with Crippen molar-refractivity contribution in [1.82, 2.24) is 0 Å². The topological polar surface area (TPSA) is 75.4 Å². The molecule has 0 unspecified atom stereocenters. The monoisotopic (exact) mass is 360 g/mol. The second kappa shape index (κ2) is 7.19. The van der Waals surface area contributed by atoms with Crippen molar-refractivity contribution in [2.75, 3.05) is 31.1 Å². The number of quaternary nitrogens is 2. The Labute approximate surface area is 142 Å². The lowest BCUT2D eigenvalue weighted by atomic mass is 9.97. The third-order valence-corrected chi connectivity index (χ3v) is 8.06. The van der Waals surface area contributed by atoms with Crippen molar-refractivity contribution in [2.24, 2.45) is 5.92 Å². The number of rotatable bonds is 5. The Balaban J connectivity index is 1.65. The highest BCUT2D eigenvalue weighted by Gasteiger charge is 2.40. The molecular formula is C16H28N2O3S2+2. The van der Waals surface area contributed by atoms with Gasteiger partial charge in [0.2, 0.25) is 0 Å². The first-order chi connectivity index (χ1) is 10.9. The maximum Gasteiger partial charge on any atom is 0.172 e. The van der Waals surface area contributed by atoms with Crippen LogP contribution in [0.25, 0.3) is 0 Å². The molecule has 130 valence electrons. The van der Waals surface area contributed by atoms with E-state index in [1.807, 2.05) is 0 Å². The fraction of sp³-hybridized carbons (Fsp3) is 0.750. The maximum absolute atomic E-state index is 11.7. The maximum atomic E-state index is 11.7. The lowest BCUT2D eigenvalue weighted by molar-refractivity contribution is -0.951. The number of nitrogens with two attached hydrogens (primary N) is 1. The summed E-state index contributed by atoms with van der Waals surface area (Å²) in [4.78, 5) is 2.98. The molecule has 0 saturated carbocycles. The summed E-state index contributed by atoms with van der Waals surface area (Å²) in [6.45, 7) is 5.54. The molecule has 1 aromatic heterocycles. The highest BCUT2D eigenvalue weighted by atomic mass is 32.2. The van der Waals surface area contributed by atoms with Crippen LogP contribution >= 0.6 is 11.3 Å². The predicted octanol–water partition coefficient (Wildman–Crippen LogP) is -1.17. The van der Waals surface area contributed by atoms with Crippen molar-refractivity contribution < 1.29 is 23.7 Å². The summed E-state index contributed by atoms with van der Waals surface area (Å²) in [6, 6.07) is 4.48. The third-order valence-electron chi connectivity index (χ3n) is 5.34. The zero-order chi connectivity index (χ0) is 16.4. The smallest absolute Gasteiger partial charge is 0.172 e. The molecule has 0 amide bonds. The molecule has 3 rings (SSSR count). The molecule has 0 aliphatic carbocycles. The van der Waals surface area contributed by atoms with Gasteiger partial charge in [-0.1, -0.05) is 13.0 Å². The minimum absolute atomic E-state index is 0.0775. The lowest BCUT2D eigenvalue weighted by Gasteiger charge is -2.33. The number of likely N-dealkylation sites (tertiary alicyclic amines) is 1. The molecule has 23 heavy (non-hydrogen) atoms. The van der Waals surface area contributed by atoms with E-state index in [-0.39, 0.29) is 17.5 Å². The van der Waals surface area contributed by atoms with Crippen LogP contribution in [0.4, 0.5) is 0 Å². The van der Waals surface area contributed by atoms with Gasteiger partial charge in [-0.05, 0) is 30.2 Å². The average molecular weight is 361 g/mol. The van der Waals surface area contributed by atoms with Crippen LogP contribution in [0, 0.1) is 5.92 Å². The Kier molecular flexibility index (Phi) is 5.42.